The van der Waals surface area contributed by atoms with Crippen molar-refractivity contribution in [2.24, 2.45) is 5.92 Å². The summed E-state index contributed by atoms with van der Waals surface area (Å²) in [5.41, 5.74) is 7.50. The van der Waals surface area contributed by atoms with Crippen molar-refractivity contribution in [1.82, 2.24) is 8.96 Å². The van der Waals surface area contributed by atoms with Gasteiger partial charge in [-0.05, 0) is 37.5 Å². The minimum atomic E-state index is -3.78. The fraction of sp³-hybridized carbons (Fsp3) is 0.300. The lowest BCUT2D eigenvalue weighted by molar-refractivity contribution is -0.145. The summed E-state index contributed by atoms with van der Waals surface area (Å²) in [5, 5.41) is 4.00. The van der Waals surface area contributed by atoms with Crippen molar-refractivity contribution in [3.8, 4) is 0 Å². The molecule has 2 heterocycles. The van der Waals surface area contributed by atoms with Gasteiger partial charge >= 0.3 is 5.97 Å². The Kier molecular flexibility index (Phi) is 4.91. The number of aromatic nitrogens is 2. The van der Waals surface area contributed by atoms with Crippen molar-refractivity contribution in [3.05, 3.63) is 48.8 Å². The van der Waals surface area contributed by atoms with Crippen LogP contribution in [-0.4, -0.2) is 36.5 Å². The van der Waals surface area contributed by atoms with E-state index in [1.807, 2.05) is 0 Å². The molecule has 1 aliphatic rings. The van der Waals surface area contributed by atoms with Crippen LogP contribution >= 0.6 is 0 Å². The molecule has 1 fully saturated rings. The van der Waals surface area contributed by atoms with Crippen LogP contribution in [-0.2, 0) is 19.6 Å². The van der Waals surface area contributed by atoms with Crippen LogP contribution in [0.1, 0.15) is 19.3 Å². The first kappa shape index (κ1) is 19.3. The lowest BCUT2D eigenvalue weighted by atomic mass is 10.1. The maximum atomic E-state index is 13.0. The quantitative estimate of drug-likeness (QED) is 0.616. The number of nitrogens with one attached hydrogen (secondary N) is 1. The lowest BCUT2D eigenvalue weighted by Gasteiger charge is -2.17. The number of carbonyl (C=O) groups is 1. The number of esters is 1. The monoisotopic (exact) mass is 414 g/mol. The van der Waals surface area contributed by atoms with Crippen molar-refractivity contribution in [3.63, 3.8) is 0 Å². The van der Waals surface area contributed by atoms with Crippen molar-refractivity contribution >= 4 is 38.4 Å². The summed E-state index contributed by atoms with van der Waals surface area (Å²) in [4.78, 5) is 16.2. The highest BCUT2D eigenvalue weighted by Crippen LogP contribution is 2.35. The van der Waals surface area contributed by atoms with Gasteiger partial charge in [0.1, 0.15) is 0 Å². The van der Waals surface area contributed by atoms with Crippen LogP contribution in [0.5, 0.6) is 0 Å². The van der Waals surface area contributed by atoms with Gasteiger partial charge in [0.15, 0.2) is 5.65 Å². The van der Waals surface area contributed by atoms with Gasteiger partial charge in [0.2, 0.25) is 0 Å². The third kappa shape index (κ3) is 3.42. The molecule has 2 atom stereocenters. The average molecular weight is 414 g/mol. The number of methoxy groups -OCH3 is 1. The van der Waals surface area contributed by atoms with Crippen molar-refractivity contribution in [1.29, 1.82) is 0 Å². The Labute approximate surface area is 168 Å². The van der Waals surface area contributed by atoms with Crippen LogP contribution in [0.15, 0.2) is 53.7 Å². The molecule has 2 aromatic heterocycles. The number of hydrogen-bond donors (Lipinski definition) is 2. The maximum Gasteiger partial charge on any atom is 0.308 e. The van der Waals surface area contributed by atoms with Gasteiger partial charge < -0.3 is 15.8 Å². The van der Waals surface area contributed by atoms with Gasteiger partial charge in [-0.2, -0.15) is 0 Å². The van der Waals surface area contributed by atoms with Crippen LogP contribution in [0.2, 0.25) is 0 Å². The molecular formula is C20H22N4O4S. The van der Waals surface area contributed by atoms with Crippen LogP contribution in [0.3, 0.4) is 0 Å². The summed E-state index contributed by atoms with van der Waals surface area (Å²) < 4.78 is 32.0. The number of ether oxygens (including phenoxy) is 1. The highest BCUT2D eigenvalue weighted by Gasteiger charge is 2.31. The van der Waals surface area contributed by atoms with E-state index in [2.05, 4.69) is 10.3 Å². The first-order chi connectivity index (χ1) is 13.9. The average Bonchev–Trinajstić information content (AvgIpc) is 3.37. The standard InChI is InChI=1S/C20H22N4O4S/c1-28-20(25)13-7-8-14(11-13)23-18-16-9-10-24(19(16)22-12-17(18)21)29(26,27)15-5-3-2-4-6-15/h2-6,9-10,12-14H,7-8,11,21H2,1H3,(H,22,23)/t13-,14+/m0/s1. The minimum absolute atomic E-state index is 0.0427. The number of rotatable bonds is 5. The smallest absolute Gasteiger partial charge is 0.308 e. The number of carbonyl (C=O) groups excluding carboxylic acids is 1. The fourth-order valence-corrected chi connectivity index (χ4v) is 5.16. The second-order valence-corrected chi connectivity index (χ2v) is 8.94. The molecule has 1 aliphatic carbocycles. The molecule has 0 aliphatic heterocycles. The van der Waals surface area contributed by atoms with Gasteiger partial charge in [-0.15, -0.1) is 0 Å². The van der Waals surface area contributed by atoms with Gasteiger partial charge in [-0.25, -0.2) is 17.4 Å². The lowest BCUT2D eigenvalue weighted by Crippen LogP contribution is -2.20. The topological polar surface area (TPSA) is 116 Å². The number of anilines is 2. The van der Waals surface area contributed by atoms with E-state index in [1.54, 1.807) is 36.4 Å². The summed E-state index contributed by atoms with van der Waals surface area (Å²) in [5.74, 6) is -0.346. The molecule has 0 bridgehead atoms. The van der Waals surface area contributed by atoms with E-state index < -0.39 is 10.0 Å². The third-order valence-electron chi connectivity index (χ3n) is 5.33. The molecule has 0 radical (unpaired) electrons. The number of nitrogens with zero attached hydrogens (tertiary/aromatic N) is 2. The number of fused-ring (bicyclic) bond motifs is 1. The Morgan fingerprint density at radius 3 is 2.72 bits per heavy atom. The number of benzene rings is 1. The largest absolute Gasteiger partial charge is 0.469 e. The predicted octanol–water partition coefficient (Wildman–Crippen LogP) is 2.61. The second-order valence-electron chi connectivity index (χ2n) is 7.13. The summed E-state index contributed by atoms with van der Waals surface area (Å²) in [6.07, 6.45) is 5.11. The molecule has 152 valence electrons. The zero-order chi connectivity index (χ0) is 20.6. The molecular weight excluding hydrogens is 392 g/mol. The SMILES string of the molecule is COC(=O)[C@H]1CC[C@@H](Nc2c(N)cnc3c2ccn3S(=O)(=O)c2ccccc2)C1. The fourth-order valence-electron chi connectivity index (χ4n) is 3.84. The van der Waals surface area contributed by atoms with E-state index in [-0.39, 0.29) is 22.8 Å². The third-order valence-corrected chi connectivity index (χ3v) is 7.01. The van der Waals surface area contributed by atoms with E-state index in [9.17, 15) is 13.2 Å². The molecule has 0 amide bonds. The number of hydrogen-bond acceptors (Lipinski definition) is 7. The van der Waals surface area contributed by atoms with Crippen LogP contribution < -0.4 is 11.1 Å². The van der Waals surface area contributed by atoms with E-state index >= 15 is 0 Å². The van der Waals surface area contributed by atoms with Gasteiger partial charge in [-0.1, -0.05) is 18.2 Å². The van der Waals surface area contributed by atoms with E-state index in [4.69, 9.17) is 10.5 Å². The highest BCUT2D eigenvalue weighted by atomic mass is 32.2. The van der Waals surface area contributed by atoms with Crippen LogP contribution in [0.25, 0.3) is 11.0 Å². The van der Waals surface area contributed by atoms with Gasteiger partial charge in [0.05, 0.1) is 35.5 Å². The Morgan fingerprint density at radius 2 is 2.00 bits per heavy atom. The Morgan fingerprint density at radius 1 is 1.24 bits per heavy atom. The highest BCUT2D eigenvalue weighted by molar-refractivity contribution is 7.90. The number of nitrogens with two attached hydrogens (primary N) is 1. The van der Waals surface area contributed by atoms with Crippen molar-refractivity contribution < 1.29 is 17.9 Å². The summed E-state index contributed by atoms with van der Waals surface area (Å²) >= 11 is 0. The van der Waals surface area contributed by atoms with E-state index in [0.29, 0.717) is 28.8 Å². The molecule has 3 N–H and O–H groups in total. The van der Waals surface area contributed by atoms with Gasteiger partial charge in [0.25, 0.3) is 10.0 Å². The second kappa shape index (κ2) is 7.40. The summed E-state index contributed by atoms with van der Waals surface area (Å²) in [6, 6.07) is 9.93. The van der Waals surface area contributed by atoms with Gasteiger partial charge in [0, 0.05) is 17.6 Å². The first-order valence-corrected chi connectivity index (χ1v) is 10.8. The van der Waals surface area contributed by atoms with Gasteiger partial charge in [-0.3, -0.25) is 4.79 Å². The zero-order valence-corrected chi connectivity index (χ0v) is 16.7. The summed E-state index contributed by atoms with van der Waals surface area (Å²) in [7, 11) is -2.39. The number of nitrogen functional groups attached to an aromatic ring is 1. The van der Waals surface area contributed by atoms with Crippen LogP contribution in [0.4, 0.5) is 11.4 Å². The van der Waals surface area contributed by atoms with E-state index in [1.165, 1.54) is 19.5 Å². The Bertz CT molecular complexity index is 1160. The summed E-state index contributed by atoms with van der Waals surface area (Å²) in [6.45, 7) is 0. The maximum absolute atomic E-state index is 13.0. The van der Waals surface area contributed by atoms with Crippen molar-refractivity contribution in [2.75, 3.05) is 18.2 Å². The van der Waals surface area contributed by atoms with E-state index in [0.717, 1.165) is 16.8 Å². The Hall–Kier alpha value is -3.07. The molecule has 0 unspecified atom stereocenters. The van der Waals surface area contributed by atoms with Crippen molar-refractivity contribution in [2.45, 2.75) is 30.2 Å². The number of pyridine rings is 1. The van der Waals surface area contributed by atoms with Crippen LogP contribution in [0, 0.1) is 5.92 Å². The molecule has 4 rings (SSSR count). The molecule has 8 nitrogen and oxygen atoms in total. The normalized spacial score (nSPS) is 19.3. The predicted molar refractivity (Wildman–Crippen MR) is 110 cm³/mol. The molecule has 3 aromatic rings. The molecule has 0 spiro atoms. The molecule has 1 saturated carbocycles. The molecule has 29 heavy (non-hydrogen) atoms. The molecule has 9 heteroatoms. The zero-order valence-electron chi connectivity index (χ0n) is 15.9. The molecule has 1 aromatic carbocycles. The first-order valence-electron chi connectivity index (χ1n) is 9.32. The minimum Gasteiger partial charge on any atom is -0.469 e. The Balaban J connectivity index is 1.69. The molecule has 0 saturated heterocycles.